The molecule has 0 aliphatic rings. The first-order valence-electron chi connectivity index (χ1n) is 7.59. The lowest BCUT2D eigenvalue weighted by Crippen LogP contribution is -2.51. The van der Waals surface area contributed by atoms with Crippen LogP contribution >= 0.6 is 0 Å². The highest BCUT2D eigenvalue weighted by atomic mass is 32.3. The Kier molecular flexibility index (Phi) is 12.2. The number of hydrogen-bond donors (Lipinski definition) is 0. The van der Waals surface area contributed by atoms with Gasteiger partial charge < -0.3 is 8.61 Å². The zero-order valence-corrected chi connectivity index (χ0v) is 16.1. The van der Waals surface area contributed by atoms with Crippen LogP contribution in [0.15, 0.2) is 0 Å². The van der Waals surface area contributed by atoms with Gasteiger partial charge in [0, 0.05) is 6.54 Å². The molecule has 0 spiro atoms. The third-order valence-corrected chi connectivity index (χ3v) is 5.40. The van der Waals surface area contributed by atoms with Crippen LogP contribution in [0, 0.1) is 0 Å². The van der Waals surface area contributed by atoms with Crippen molar-refractivity contribution in [2.24, 2.45) is 0 Å². The molecule has 0 N–H and O–H groups in total. The first-order valence-corrected chi connectivity index (χ1v) is 10.3. The molecule has 0 saturated carbocycles. The van der Waals surface area contributed by atoms with Crippen LogP contribution in [0.2, 0.25) is 0 Å². The Hall–Kier alpha value is -0.360. The fourth-order valence-corrected chi connectivity index (χ4v) is 3.00. The minimum atomic E-state index is -5.62. The van der Waals surface area contributed by atoms with Crippen molar-refractivity contribution in [3.05, 3.63) is 4.13 Å². The van der Waals surface area contributed by atoms with Gasteiger partial charge in [-0.05, 0) is 33.9 Å². The topological polar surface area (TPSA) is 85.6 Å². The highest BCUT2D eigenvalue weighted by Crippen LogP contribution is 2.11. The van der Waals surface area contributed by atoms with Gasteiger partial charge in [-0.3, -0.25) is 4.90 Å². The highest BCUT2D eigenvalue weighted by Gasteiger charge is 2.20. The average Bonchev–Trinajstić information content (AvgIpc) is 2.41. The Morgan fingerprint density at radius 3 is 1.35 bits per heavy atom. The van der Waals surface area contributed by atoms with E-state index in [-0.39, 0.29) is 0 Å². The van der Waals surface area contributed by atoms with Gasteiger partial charge in [-0.25, -0.2) is 16.8 Å². The quantitative estimate of drug-likeness (QED) is 0.427. The molecule has 142 valence electrons. The number of hydrogen-bond acceptors (Lipinski definition) is 5. The van der Waals surface area contributed by atoms with Crippen LogP contribution in [0.1, 0.15) is 34.6 Å². The second-order valence-electron chi connectivity index (χ2n) is 4.94. The van der Waals surface area contributed by atoms with Gasteiger partial charge in [0.25, 0.3) is 0 Å². The summed E-state index contributed by atoms with van der Waals surface area (Å²) in [6, 6.07) is 0. The first-order chi connectivity index (χ1) is 10.4. The van der Waals surface area contributed by atoms with Crippen LogP contribution in [0.3, 0.4) is 0 Å². The molecule has 0 unspecified atom stereocenters. The SMILES string of the molecule is CCN(CC)CC[N+](CC)(CC)CC.O=S(=O)(F)[N-]S(=O)(=O)F. The summed E-state index contributed by atoms with van der Waals surface area (Å²) in [5.74, 6) is 0. The van der Waals surface area contributed by atoms with Gasteiger partial charge in [-0.15, -0.1) is 7.77 Å². The lowest BCUT2D eigenvalue weighted by Gasteiger charge is -2.37. The van der Waals surface area contributed by atoms with Crippen LogP contribution in [0.4, 0.5) is 7.77 Å². The molecule has 0 atom stereocenters. The summed E-state index contributed by atoms with van der Waals surface area (Å²) in [6.07, 6.45) is 0. The van der Waals surface area contributed by atoms with E-state index in [9.17, 15) is 24.6 Å². The molecule has 7 nitrogen and oxygen atoms in total. The van der Waals surface area contributed by atoms with Crippen molar-refractivity contribution in [1.82, 2.24) is 4.90 Å². The number of rotatable bonds is 10. The van der Waals surface area contributed by atoms with Gasteiger partial charge in [0.05, 0.1) is 26.2 Å². The molecule has 11 heteroatoms. The lowest BCUT2D eigenvalue weighted by atomic mass is 10.3. The van der Waals surface area contributed by atoms with Gasteiger partial charge in [0.15, 0.2) is 0 Å². The van der Waals surface area contributed by atoms with Crippen molar-refractivity contribution in [2.45, 2.75) is 34.6 Å². The van der Waals surface area contributed by atoms with Crippen molar-refractivity contribution < 1.29 is 29.1 Å². The van der Waals surface area contributed by atoms with Gasteiger partial charge in [-0.2, -0.15) is 0 Å². The Bertz CT molecular complexity index is 466. The predicted octanol–water partition coefficient (Wildman–Crippen LogP) is 1.99. The van der Waals surface area contributed by atoms with E-state index >= 15 is 0 Å². The summed E-state index contributed by atoms with van der Waals surface area (Å²) in [7, 11) is -11.2. The maximum Gasteiger partial charge on any atom is 0.241 e. The van der Waals surface area contributed by atoms with E-state index in [1.54, 1.807) is 0 Å². The molecular formula is C12H29F2N3O4S2. The van der Waals surface area contributed by atoms with Gasteiger partial charge >= 0.3 is 0 Å². The molecule has 23 heavy (non-hydrogen) atoms. The molecule has 0 fully saturated rings. The third kappa shape index (κ3) is 13.7. The van der Waals surface area contributed by atoms with E-state index in [2.05, 4.69) is 39.5 Å². The van der Waals surface area contributed by atoms with E-state index in [4.69, 9.17) is 0 Å². The zero-order valence-electron chi connectivity index (χ0n) is 14.5. The second kappa shape index (κ2) is 11.2. The van der Waals surface area contributed by atoms with Gasteiger partial charge in [0.2, 0.25) is 20.8 Å². The van der Waals surface area contributed by atoms with Crippen molar-refractivity contribution in [3.63, 3.8) is 0 Å². The Morgan fingerprint density at radius 2 is 1.17 bits per heavy atom. The number of nitrogens with zero attached hydrogens (tertiary/aromatic N) is 3. The highest BCUT2D eigenvalue weighted by molar-refractivity contribution is 8.07. The summed E-state index contributed by atoms with van der Waals surface area (Å²) >= 11 is 0. The van der Waals surface area contributed by atoms with Crippen molar-refractivity contribution >= 4 is 20.8 Å². The molecule has 0 rings (SSSR count). The Morgan fingerprint density at radius 1 is 0.826 bits per heavy atom. The number of likely N-dealkylation sites (N-methyl/N-ethyl adjacent to an activating group) is 2. The lowest BCUT2D eigenvalue weighted by molar-refractivity contribution is -0.922. The van der Waals surface area contributed by atoms with Gasteiger partial charge in [-0.1, -0.05) is 13.8 Å². The third-order valence-electron chi connectivity index (χ3n) is 3.98. The first kappa shape index (κ1) is 24.9. The molecule has 0 aromatic rings. The number of quaternary nitrogens is 1. The summed E-state index contributed by atoms with van der Waals surface area (Å²) in [6.45, 7) is 20.2. The predicted molar refractivity (Wildman–Crippen MR) is 88.0 cm³/mol. The van der Waals surface area contributed by atoms with Crippen LogP contribution in [0.5, 0.6) is 0 Å². The van der Waals surface area contributed by atoms with Gasteiger partial charge in [0.1, 0.15) is 0 Å². The van der Waals surface area contributed by atoms with E-state index < -0.39 is 20.8 Å². The molecule has 0 aliphatic carbocycles. The molecule has 0 aromatic carbocycles. The molecule has 0 amide bonds. The average molecular weight is 382 g/mol. The Labute approximate surface area is 139 Å². The van der Waals surface area contributed by atoms with Crippen LogP contribution < -0.4 is 0 Å². The maximum atomic E-state index is 11.1. The zero-order chi connectivity index (χ0) is 18.7. The minimum absolute atomic E-state index is 1.15. The van der Waals surface area contributed by atoms with Crippen LogP contribution in [-0.2, 0) is 20.8 Å². The second-order valence-corrected chi connectivity index (χ2v) is 7.18. The summed E-state index contributed by atoms with van der Waals surface area (Å²) in [5, 5.41) is 0. The number of halogens is 2. The summed E-state index contributed by atoms with van der Waals surface area (Å²) < 4.78 is 61.3. The smallest absolute Gasteiger partial charge is 0.241 e. The molecular weight excluding hydrogens is 352 g/mol. The van der Waals surface area contributed by atoms with E-state index in [1.165, 1.54) is 50.3 Å². The van der Waals surface area contributed by atoms with E-state index in [0.717, 1.165) is 4.13 Å². The molecule has 0 radical (unpaired) electrons. The molecule has 0 aromatic heterocycles. The fraction of sp³-hybridized carbons (Fsp3) is 1.00. The van der Waals surface area contributed by atoms with Crippen LogP contribution in [-0.4, -0.2) is 72.0 Å². The summed E-state index contributed by atoms with van der Waals surface area (Å²) in [5.41, 5.74) is 0. The fourth-order valence-electron chi connectivity index (χ4n) is 2.14. The van der Waals surface area contributed by atoms with E-state index in [0.29, 0.717) is 0 Å². The minimum Gasteiger partial charge on any atom is -0.379 e. The van der Waals surface area contributed by atoms with Crippen molar-refractivity contribution in [3.8, 4) is 0 Å². The molecule has 0 aliphatic heterocycles. The normalized spacial score (nSPS) is 12.9. The Balaban J connectivity index is 0. The summed E-state index contributed by atoms with van der Waals surface area (Å²) in [4.78, 5) is 2.52. The molecule has 0 saturated heterocycles. The monoisotopic (exact) mass is 381 g/mol. The molecule has 0 heterocycles. The van der Waals surface area contributed by atoms with E-state index in [1.807, 2.05) is 0 Å². The van der Waals surface area contributed by atoms with Crippen molar-refractivity contribution in [2.75, 3.05) is 45.8 Å². The van der Waals surface area contributed by atoms with Crippen molar-refractivity contribution in [1.29, 1.82) is 0 Å². The largest absolute Gasteiger partial charge is 0.379 e. The van der Waals surface area contributed by atoms with Crippen LogP contribution in [0.25, 0.3) is 4.13 Å². The molecule has 0 bridgehead atoms. The standard InChI is InChI=1S/C12H29N2.F2NO4S2/c1-6-13(7-2)11-12-14(8-3,9-4)10-5;1-8(4,5)3-9(2,6)7/h6-12H2,1-5H3;/q+1;-1. The maximum absolute atomic E-state index is 11.1.